The van der Waals surface area contributed by atoms with Crippen molar-refractivity contribution in [1.29, 1.82) is 0 Å². The van der Waals surface area contributed by atoms with Crippen molar-refractivity contribution in [2.75, 3.05) is 0 Å². The van der Waals surface area contributed by atoms with Crippen LogP contribution in [0.5, 0.6) is 0 Å². The van der Waals surface area contributed by atoms with E-state index in [0.29, 0.717) is 49.5 Å². The lowest BCUT2D eigenvalue weighted by Gasteiger charge is -2.58. The van der Waals surface area contributed by atoms with Crippen LogP contribution in [0, 0.1) is 40.4 Å². The second-order valence-corrected chi connectivity index (χ2v) is 11.4. The van der Waals surface area contributed by atoms with Crippen LogP contribution in [0.25, 0.3) is 0 Å². The van der Waals surface area contributed by atoms with Crippen LogP contribution in [0.3, 0.4) is 0 Å². The molecule has 0 aromatic heterocycles. The highest BCUT2D eigenvalue weighted by molar-refractivity contribution is 5.81. The van der Waals surface area contributed by atoms with Crippen LogP contribution >= 0.6 is 0 Å². The lowest BCUT2D eigenvalue weighted by Crippen LogP contribution is -2.57. The Kier molecular flexibility index (Phi) is 3.80. The number of rotatable bonds is 2. The molecule has 0 amide bonds. The molecule has 0 aliphatic heterocycles. The molecule has 0 aromatic carbocycles. The quantitative estimate of drug-likeness (QED) is 0.684. The van der Waals surface area contributed by atoms with Crippen molar-refractivity contribution in [3.63, 3.8) is 0 Å². The smallest absolute Gasteiger partial charge is 0.309 e. The van der Waals surface area contributed by atoms with E-state index in [4.69, 9.17) is 5.73 Å². The van der Waals surface area contributed by atoms with E-state index in [2.05, 4.69) is 0 Å². The largest absolute Gasteiger partial charge is 0.481 e. The molecule has 27 heavy (non-hydrogen) atoms. The van der Waals surface area contributed by atoms with Crippen molar-refractivity contribution in [2.45, 2.75) is 82.6 Å². The summed E-state index contributed by atoms with van der Waals surface area (Å²) < 4.78 is 0. The molecule has 8 fully saturated rings. The molecule has 8 aliphatic rings. The van der Waals surface area contributed by atoms with E-state index in [1.807, 2.05) is 0 Å². The Bertz CT molecular complexity index is 590. The highest BCUT2D eigenvalue weighted by Gasteiger charge is 2.63. The molecule has 0 atom stereocenters. The first kappa shape index (κ1) is 18.0. The summed E-state index contributed by atoms with van der Waals surface area (Å²) in [5.74, 6) is 2.17. The molecule has 0 saturated heterocycles. The van der Waals surface area contributed by atoms with E-state index in [-0.39, 0.29) is 0 Å². The Morgan fingerprint density at radius 3 is 1.26 bits per heavy atom. The van der Waals surface area contributed by atoms with Crippen molar-refractivity contribution in [1.82, 2.24) is 0 Å². The lowest BCUT2D eigenvalue weighted by molar-refractivity contribution is -0.187. The molecule has 0 heterocycles. The maximum atomic E-state index is 11.4. The van der Waals surface area contributed by atoms with E-state index < -0.39 is 22.8 Å². The zero-order valence-electron chi connectivity index (χ0n) is 16.2. The number of aliphatic carboxylic acids is 2. The molecule has 8 aliphatic carbocycles. The lowest BCUT2D eigenvalue weighted by atomic mass is 9.44. The van der Waals surface area contributed by atoms with Crippen LogP contribution in [0.2, 0.25) is 0 Å². The highest BCUT2D eigenvalue weighted by atomic mass is 16.4. The highest BCUT2D eigenvalue weighted by Crippen LogP contribution is 2.65. The van der Waals surface area contributed by atoms with Crippen LogP contribution < -0.4 is 5.73 Å². The van der Waals surface area contributed by atoms with Gasteiger partial charge in [0.1, 0.15) is 0 Å². The molecular weight excluding hydrogens is 342 g/mol. The first-order valence-electron chi connectivity index (χ1n) is 10.9. The number of carbonyl (C=O) groups is 2. The predicted octanol–water partition coefficient (Wildman–Crippen LogP) is 3.66. The van der Waals surface area contributed by atoms with Gasteiger partial charge in [-0.25, -0.2) is 0 Å². The number of carboxylic acid groups (broad SMARTS) is 2. The van der Waals surface area contributed by atoms with E-state index in [1.165, 1.54) is 38.5 Å². The minimum absolute atomic E-state index is 0.300. The van der Waals surface area contributed by atoms with Crippen LogP contribution in [-0.4, -0.2) is 27.7 Å². The molecule has 0 radical (unpaired) electrons. The molecule has 0 spiro atoms. The van der Waals surface area contributed by atoms with Gasteiger partial charge in [0.15, 0.2) is 0 Å². The van der Waals surface area contributed by atoms with Gasteiger partial charge in [-0.1, -0.05) is 0 Å². The molecule has 8 rings (SSSR count). The maximum Gasteiger partial charge on any atom is 0.309 e. The molecule has 8 bridgehead atoms. The predicted molar refractivity (Wildman–Crippen MR) is 99.9 cm³/mol. The van der Waals surface area contributed by atoms with E-state index in [9.17, 15) is 19.8 Å². The molecule has 4 N–H and O–H groups in total. The van der Waals surface area contributed by atoms with E-state index in [1.54, 1.807) is 0 Å². The van der Waals surface area contributed by atoms with Gasteiger partial charge in [-0.2, -0.15) is 0 Å². The third-order valence-corrected chi connectivity index (χ3v) is 9.05. The van der Waals surface area contributed by atoms with Gasteiger partial charge in [-0.3, -0.25) is 9.59 Å². The number of carboxylic acids is 2. The molecule has 0 aromatic rings. The summed E-state index contributed by atoms with van der Waals surface area (Å²) in [6.07, 6.45) is 12.8. The van der Waals surface area contributed by atoms with E-state index in [0.717, 1.165) is 24.2 Å². The van der Waals surface area contributed by atoms with Crippen molar-refractivity contribution < 1.29 is 19.8 Å². The third kappa shape index (κ3) is 2.83. The number of hydrogen-bond acceptors (Lipinski definition) is 3. The second kappa shape index (κ2) is 5.71. The van der Waals surface area contributed by atoms with Crippen molar-refractivity contribution >= 4 is 11.9 Å². The van der Waals surface area contributed by atoms with Crippen LogP contribution in [-0.2, 0) is 9.59 Å². The fraction of sp³-hybridized carbons (Fsp3) is 0.909. The summed E-state index contributed by atoms with van der Waals surface area (Å²) in [6.45, 7) is 0. The SMILES string of the molecule is NC12CC3CC(CC(C3)C1)C2.O=C(O)C12CC3CC(C1)CC(C(=O)O)(C3)C2. The number of nitrogens with two attached hydrogens (primary N) is 1. The Balaban J connectivity index is 0.000000127. The summed E-state index contributed by atoms with van der Waals surface area (Å²) in [5, 5.41) is 18.8. The molecule has 5 nitrogen and oxygen atoms in total. The van der Waals surface area contributed by atoms with Crippen molar-refractivity contribution in [3.8, 4) is 0 Å². The van der Waals surface area contributed by atoms with Crippen LogP contribution in [0.1, 0.15) is 77.0 Å². The Morgan fingerprint density at radius 2 is 0.963 bits per heavy atom. The molecular formula is C22H33NO4. The van der Waals surface area contributed by atoms with Gasteiger partial charge in [0.05, 0.1) is 10.8 Å². The maximum absolute atomic E-state index is 11.4. The van der Waals surface area contributed by atoms with Gasteiger partial charge in [-0.05, 0) is 107 Å². The average molecular weight is 376 g/mol. The second-order valence-electron chi connectivity index (χ2n) is 11.4. The summed E-state index contributed by atoms with van der Waals surface area (Å²) in [5.41, 5.74) is 5.18. The van der Waals surface area contributed by atoms with Gasteiger partial charge in [0.2, 0.25) is 0 Å². The van der Waals surface area contributed by atoms with E-state index >= 15 is 0 Å². The first-order valence-corrected chi connectivity index (χ1v) is 10.9. The topological polar surface area (TPSA) is 101 Å². The fourth-order valence-electron chi connectivity index (χ4n) is 8.94. The summed E-state index contributed by atoms with van der Waals surface area (Å²) in [7, 11) is 0. The minimum atomic E-state index is -0.771. The molecule has 5 heteroatoms. The summed E-state index contributed by atoms with van der Waals surface area (Å²) >= 11 is 0. The van der Waals surface area contributed by atoms with Crippen LogP contribution in [0.15, 0.2) is 0 Å². The molecule has 150 valence electrons. The van der Waals surface area contributed by atoms with Crippen LogP contribution in [0.4, 0.5) is 0 Å². The summed E-state index contributed by atoms with van der Waals surface area (Å²) in [6, 6.07) is 0. The summed E-state index contributed by atoms with van der Waals surface area (Å²) in [4.78, 5) is 22.8. The minimum Gasteiger partial charge on any atom is -0.481 e. The Labute approximate surface area is 161 Å². The Morgan fingerprint density at radius 1 is 0.630 bits per heavy atom. The van der Waals surface area contributed by atoms with Gasteiger partial charge in [0, 0.05) is 5.54 Å². The van der Waals surface area contributed by atoms with Crippen molar-refractivity contribution in [2.24, 2.45) is 46.2 Å². The van der Waals surface area contributed by atoms with Gasteiger partial charge < -0.3 is 15.9 Å². The molecule has 0 unspecified atom stereocenters. The van der Waals surface area contributed by atoms with Crippen molar-refractivity contribution in [3.05, 3.63) is 0 Å². The standard InChI is InChI=1S/C12H16O4.C10H17N/c13-9(14)11-2-7-1-8(4-11)5-12(3-7,6-11)10(15)16;11-10-4-7-1-8(5-10)3-9(2-7)6-10/h7-8H,1-6H2,(H,13,14)(H,15,16);7-9H,1-6,11H2. The zero-order chi connectivity index (χ0) is 19.0. The monoisotopic (exact) mass is 375 g/mol. The zero-order valence-corrected chi connectivity index (χ0v) is 16.2. The normalized spacial score (nSPS) is 53.7. The third-order valence-electron chi connectivity index (χ3n) is 9.05. The van der Waals surface area contributed by atoms with Gasteiger partial charge in [0.25, 0.3) is 0 Å². The molecule has 8 saturated carbocycles. The Hall–Kier alpha value is -1.10. The number of hydrogen-bond donors (Lipinski definition) is 3. The van der Waals surface area contributed by atoms with Gasteiger partial charge >= 0.3 is 11.9 Å². The average Bonchev–Trinajstić information content (AvgIpc) is 2.51. The first-order chi connectivity index (χ1) is 12.7. The fourth-order valence-corrected chi connectivity index (χ4v) is 8.94. The van der Waals surface area contributed by atoms with Gasteiger partial charge in [-0.15, -0.1) is 0 Å².